The van der Waals surface area contributed by atoms with Crippen LogP contribution in [0.15, 0.2) is 0 Å². The molecular weight excluding hydrogens is 238 g/mol. The molecule has 0 aliphatic carbocycles. The van der Waals surface area contributed by atoms with Crippen molar-refractivity contribution in [1.29, 1.82) is 0 Å². The zero-order valence-electron chi connectivity index (χ0n) is 9.90. The van der Waals surface area contributed by atoms with Crippen LogP contribution in [-0.4, -0.2) is 47.2 Å². The molecule has 17 heavy (non-hydrogen) atoms. The third kappa shape index (κ3) is 3.64. The van der Waals surface area contributed by atoms with E-state index < -0.39 is 0 Å². The molecule has 2 rings (SSSR count). The maximum absolute atomic E-state index is 11.4. The molecule has 0 spiro atoms. The van der Waals surface area contributed by atoms with Crippen LogP contribution in [0.5, 0.6) is 0 Å². The van der Waals surface area contributed by atoms with Gasteiger partial charge in [-0.25, -0.2) is 0 Å². The fourth-order valence-corrected chi connectivity index (χ4v) is 2.59. The lowest BCUT2D eigenvalue weighted by Gasteiger charge is -2.15. The van der Waals surface area contributed by atoms with Gasteiger partial charge in [-0.3, -0.25) is 9.69 Å². The van der Waals surface area contributed by atoms with Crippen LogP contribution < -0.4 is 10.6 Å². The van der Waals surface area contributed by atoms with E-state index in [9.17, 15) is 4.79 Å². The Balaban J connectivity index is 1.91. The highest BCUT2D eigenvalue weighted by Crippen LogP contribution is 2.16. The first kappa shape index (κ1) is 12.3. The maximum Gasteiger partial charge on any atom is 0.234 e. The highest BCUT2D eigenvalue weighted by molar-refractivity contribution is 7.15. The lowest BCUT2D eigenvalue weighted by atomic mass is 10.4. The second kappa shape index (κ2) is 5.92. The molecule has 0 unspecified atom stereocenters. The molecule has 0 saturated carbocycles. The first-order valence-corrected chi connectivity index (χ1v) is 6.65. The number of rotatable bonds is 4. The molecule has 1 fully saturated rings. The van der Waals surface area contributed by atoms with Gasteiger partial charge in [0.2, 0.25) is 11.0 Å². The van der Waals surface area contributed by atoms with E-state index in [-0.39, 0.29) is 5.91 Å². The molecule has 6 nitrogen and oxygen atoms in total. The second-order valence-electron chi connectivity index (χ2n) is 3.95. The number of hydrogen-bond donors (Lipinski definition) is 2. The zero-order valence-corrected chi connectivity index (χ0v) is 10.7. The minimum Gasteiger partial charge on any atom is -0.360 e. The third-order valence-electron chi connectivity index (χ3n) is 2.49. The molecule has 0 atom stereocenters. The summed E-state index contributed by atoms with van der Waals surface area (Å²) in [6.07, 6.45) is 0.991. The Morgan fingerprint density at radius 1 is 1.53 bits per heavy atom. The van der Waals surface area contributed by atoms with E-state index in [1.807, 2.05) is 6.92 Å². The Kier molecular flexibility index (Phi) is 4.27. The van der Waals surface area contributed by atoms with Gasteiger partial charge in [0, 0.05) is 19.6 Å². The summed E-state index contributed by atoms with van der Waals surface area (Å²) in [5, 5.41) is 16.0. The molecule has 1 saturated heterocycles. The Morgan fingerprint density at radius 3 is 3.24 bits per heavy atom. The van der Waals surface area contributed by atoms with E-state index in [1.54, 1.807) is 11.3 Å². The van der Waals surface area contributed by atoms with E-state index in [1.165, 1.54) is 0 Å². The number of hydrogen-bond acceptors (Lipinski definition) is 6. The van der Waals surface area contributed by atoms with Crippen LogP contribution in [0.3, 0.4) is 0 Å². The fourth-order valence-electron chi connectivity index (χ4n) is 1.73. The van der Waals surface area contributed by atoms with Crippen LogP contribution in [0.4, 0.5) is 5.13 Å². The molecule has 2 heterocycles. The largest absolute Gasteiger partial charge is 0.360 e. The van der Waals surface area contributed by atoms with Gasteiger partial charge in [0.25, 0.3) is 0 Å². The molecule has 1 aromatic rings. The van der Waals surface area contributed by atoms with Crippen molar-refractivity contribution in [2.75, 3.05) is 31.5 Å². The quantitative estimate of drug-likeness (QED) is 0.809. The van der Waals surface area contributed by atoms with Gasteiger partial charge < -0.3 is 10.6 Å². The summed E-state index contributed by atoms with van der Waals surface area (Å²) in [5.74, 6) is 0.0962. The smallest absolute Gasteiger partial charge is 0.234 e. The highest BCUT2D eigenvalue weighted by Gasteiger charge is 2.16. The van der Waals surface area contributed by atoms with Crippen molar-refractivity contribution >= 4 is 22.4 Å². The Labute approximate surface area is 104 Å². The number of nitrogens with one attached hydrogen (secondary N) is 2. The predicted octanol–water partition coefficient (Wildman–Crippen LogP) is 0.292. The van der Waals surface area contributed by atoms with E-state index in [4.69, 9.17) is 0 Å². The standard InChI is InChI=1S/C10H17N5OS/c1-2-11-10-14-13-9(17-10)7-15-5-3-4-12-8(16)6-15/h2-7H2,1H3,(H,11,14)(H,12,16). The minimum atomic E-state index is 0.0962. The molecule has 1 aliphatic heterocycles. The van der Waals surface area contributed by atoms with Gasteiger partial charge in [-0.15, -0.1) is 10.2 Å². The normalized spacial score (nSPS) is 17.6. The molecule has 1 amide bonds. The zero-order chi connectivity index (χ0) is 12.1. The molecule has 0 radical (unpaired) electrons. The summed E-state index contributed by atoms with van der Waals surface area (Å²) in [4.78, 5) is 13.5. The third-order valence-corrected chi connectivity index (χ3v) is 3.36. The summed E-state index contributed by atoms with van der Waals surface area (Å²) < 4.78 is 0. The molecule has 0 bridgehead atoms. The summed E-state index contributed by atoms with van der Waals surface area (Å²) in [6, 6.07) is 0. The van der Waals surface area contributed by atoms with Gasteiger partial charge in [0.1, 0.15) is 5.01 Å². The Hall–Kier alpha value is -1.21. The molecular formula is C10H17N5OS. The number of anilines is 1. The van der Waals surface area contributed by atoms with Gasteiger partial charge in [-0.1, -0.05) is 11.3 Å². The van der Waals surface area contributed by atoms with Crippen molar-refractivity contribution < 1.29 is 4.79 Å². The monoisotopic (exact) mass is 255 g/mol. The maximum atomic E-state index is 11.4. The Bertz CT molecular complexity index is 381. The first-order valence-electron chi connectivity index (χ1n) is 5.83. The van der Waals surface area contributed by atoms with E-state index in [0.717, 1.165) is 36.2 Å². The SMILES string of the molecule is CCNc1nnc(CN2CCCNC(=O)C2)s1. The van der Waals surface area contributed by atoms with Crippen molar-refractivity contribution in [2.24, 2.45) is 0 Å². The molecule has 0 aromatic carbocycles. The van der Waals surface area contributed by atoms with Gasteiger partial charge in [0.15, 0.2) is 0 Å². The molecule has 1 aliphatic rings. The lowest BCUT2D eigenvalue weighted by Crippen LogP contribution is -2.32. The van der Waals surface area contributed by atoms with Crippen molar-refractivity contribution in [2.45, 2.75) is 19.9 Å². The number of carbonyl (C=O) groups is 1. The van der Waals surface area contributed by atoms with E-state index >= 15 is 0 Å². The number of nitrogens with zero attached hydrogens (tertiary/aromatic N) is 3. The second-order valence-corrected chi connectivity index (χ2v) is 5.01. The van der Waals surface area contributed by atoms with Crippen LogP contribution >= 0.6 is 11.3 Å². The topological polar surface area (TPSA) is 70.2 Å². The fraction of sp³-hybridized carbons (Fsp3) is 0.700. The molecule has 7 heteroatoms. The van der Waals surface area contributed by atoms with Crippen LogP contribution in [0.25, 0.3) is 0 Å². The predicted molar refractivity (Wildman–Crippen MR) is 67.0 cm³/mol. The highest BCUT2D eigenvalue weighted by atomic mass is 32.1. The minimum absolute atomic E-state index is 0.0962. The van der Waals surface area contributed by atoms with Gasteiger partial charge in [-0.2, -0.15) is 0 Å². The Morgan fingerprint density at radius 2 is 2.41 bits per heavy atom. The van der Waals surface area contributed by atoms with Crippen LogP contribution in [0, 0.1) is 0 Å². The average molecular weight is 255 g/mol. The summed E-state index contributed by atoms with van der Waals surface area (Å²) >= 11 is 1.55. The average Bonchev–Trinajstić information content (AvgIpc) is 2.62. The first-order chi connectivity index (χ1) is 8.28. The van der Waals surface area contributed by atoms with Crippen molar-refractivity contribution in [3.8, 4) is 0 Å². The summed E-state index contributed by atoms with van der Waals surface area (Å²) in [5.41, 5.74) is 0. The van der Waals surface area contributed by atoms with Crippen molar-refractivity contribution in [3.05, 3.63) is 5.01 Å². The van der Waals surface area contributed by atoms with Crippen molar-refractivity contribution in [3.63, 3.8) is 0 Å². The van der Waals surface area contributed by atoms with Gasteiger partial charge in [-0.05, 0) is 13.3 Å². The molecule has 1 aromatic heterocycles. The molecule has 2 N–H and O–H groups in total. The summed E-state index contributed by atoms with van der Waals surface area (Å²) in [7, 11) is 0. The van der Waals surface area contributed by atoms with Crippen LogP contribution in [-0.2, 0) is 11.3 Å². The van der Waals surface area contributed by atoms with E-state index in [2.05, 4.69) is 25.7 Å². The van der Waals surface area contributed by atoms with Crippen LogP contribution in [0.1, 0.15) is 18.4 Å². The number of carbonyl (C=O) groups excluding carboxylic acids is 1. The number of aromatic nitrogens is 2. The van der Waals surface area contributed by atoms with Gasteiger partial charge >= 0.3 is 0 Å². The summed E-state index contributed by atoms with van der Waals surface area (Å²) in [6.45, 7) is 5.73. The molecule has 94 valence electrons. The number of amides is 1. The van der Waals surface area contributed by atoms with E-state index in [0.29, 0.717) is 13.1 Å². The van der Waals surface area contributed by atoms with Crippen LogP contribution in [0.2, 0.25) is 0 Å². The lowest BCUT2D eigenvalue weighted by molar-refractivity contribution is -0.121. The van der Waals surface area contributed by atoms with Gasteiger partial charge in [0.05, 0.1) is 13.1 Å². The van der Waals surface area contributed by atoms with Crippen molar-refractivity contribution in [1.82, 2.24) is 20.4 Å².